The van der Waals surface area contributed by atoms with Gasteiger partial charge in [-0.3, -0.25) is 9.59 Å². The van der Waals surface area contributed by atoms with E-state index in [0.29, 0.717) is 50.1 Å². The molecule has 1 saturated carbocycles. The lowest BCUT2D eigenvalue weighted by atomic mass is 9.63. The number of carbonyl (C=O) groups excluding carboxylic acids is 2. The van der Waals surface area contributed by atoms with Crippen molar-refractivity contribution in [2.24, 2.45) is 0 Å². The Hall–Kier alpha value is -2.59. The number of halogens is 7. The zero-order valence-corrected chi connectivity index (χ0v) is 23.0. The van der Waals surface area contributed by atoms with Gasteiger partial charge >= 0.3 is 12.4 Å². The molecule has 40 heavy (non-hydrogen) atoms. The highest BCUT2D eigenvalue weighted by molar-refractivity contribution is 6.17. The summed E-state index contributed by atoms with van der Waals surface area (Å²) in [7, 11) is 0. The number of hydrogen-bond acceptors (Lipinski definition) is 3. The molecule has 0 heterocycles. The minimum absolute atomic E-state index is 0.00996. The Balaban J connectivity index is 1.87. The van der Waals surface area contributed by atoms with Gasteiger partial charge < -0.3 is 10.1 Å². The minimum Gasteiger partial charge on any atom is -0.373 e. The van der Waals surface area contributed by atoms with Gasteiger partial charge in [-0.1, -0.05) is 30.3 Å². The van der Waals surface area contributed by atoms with E-state index in [4.69, 9.17) is 16.3 Å². The summed E-state index contributed by atoms with van der Waals surface area (Å²) in [5.74, 6) is -0.159. The largest absolute Gasteiger partial charge is 0.416 e. The van der Waals surface area contributed by atoms with Crippen LogP contribution in [0.25, 0.3) is 0 Å². The van der Waals surface area contributed by atoms with E-state index in [-0.39, 0.29) is 36.3 Å². The van der Waals surface area contributed by atoms with Crippen molar-refractivity contribution in [3.8, 4) is 0 Å². The van der Waals surface area contributed by atoms with Crippen molar-refractivity contribution in [3.63, 3.8) is 0 Å². The van der Waals surface area contributed by atoms with Crippen molar-refractivity contribution in [2.45, 2.75) is 81.8 Å². The first-order valence-corrected chi connectivity index (χ1v) is 13.5. The van der Waals surface area contributed by atoms with Crippen LogP contribution in [-0.2, 0) is 32.1 Å². The molecule has 1 atom stereocenters. The van der Waals surface area contributed by atoms with E-state index in [0.717, 1.165) is 5.56 Å². The number of ether oxygens (including phenoxy) is 1. The fourth-order valence-electron chi connectivity index (χ4n) is 5.18. The molecule has 3 rings (SSSR count). The van der Waals surface area contributed by atoms with E-state index in [1.807, 2.05) is 30.3 Å². The Labute approximate surface area is 234 Å². The van der Waals surface area contributed by atoms with Gasteiger partial charge in [0.25, 0.3) is 0 Å². The molecule has 2 aromatic rings. The van der Waals surface area contributed by atoms with E-state index in [1.54, 1.807) is 0 Å². The normalized spacial score (nSPS) is 22.5. The zero-order valence-electron chi connectivity index (χ0n) is 22.2. The van der Waals surface area contributed by atoms with Gasteiger partial charge in [-0.15, -0.1) is 11.6 Å². The summed E-state index contributed by atoms with van der Waals surface area (Å²) >= 11 is 5.68. The van der Waals surface area contributed by atoms with E-state index < -0.39 is 40.5 Å². The maximum absolute atomic E-state index is 13.4. The van der Waals surface area contributed by atoms with Gasteiger partial charge in [0, 0.05) is 17.7 Å². The molecule has 11 heteroatoms. The highest BCUT2D eigenvalue weighted by atomic mass is 35.5. The summed E-state index contributed by atoms with van der Waals surface area (Å²) in [6.45, 7) is 2.82. The number of Topliss-reactive ketones (excluding diaryl/α,β-unsaturated/α-hetero) is 1. The second-order valence-electron chi connectivity index (χ2n) is 10.4. The van der Waals surface area contributed by atoms with Crippen LogP contribution in [-0.4, -0.2) is 29.7 Å². The van der Waals surface area contributed by atoms with Crippen LogP contribution in [0.15, 0.2) is 48.5 Å². The fourth-order valence-corrected chi connectivity index (χ4v) is 5.31. The second kappa shape index (κ2) is 12.5. The van der Waals surface area contributed by atoms with Gasteiger partial charge in [0.1, 0.15) is 0 Å². The SMILES string of the molecule is CC(=O)C1(NC(=O)CCCCl)CCC(COC(C)c2cc(C(F)(F)F)cc(C(F)(F)F)c2)(c2ccccc2)CC1. The molecule has 1 N–H and O–H groups in total. The summed E-state index contributed by atoms with van der Waals surface area (Å²) in [4.78, 5) is 25.2. The monoisotopic (exact) mass is 591 g/mol. The first kappa shape index (κ1) is 31.9. The molecule has 1 fully saturated rings. The number of carbonyl (C=O) groups is 2. The molecule has 0 radical (unpaired) electrons. The number of benzene rings is 2. The van der Waals surface area contributed by atoms with Crippen LogP contribution in [0.3, 0.4) is 0 Å². The molecule has 220 valence electrons. The van der Waals surface area contributed by atoms with Crippen LogP contribution >= 0.6 is 11.6 Å². The Bertz CT molecular complexity index is 1140. The van der Waals surface area contributed by atoms with Gasteiger partial charge in [0.15, 0.2) is 5.78 Å². The molecule has 0 saturated heterocycles. The minimum atomic E-state index is -4.96. The maximum atomic E-state index is 13.4. The van der Waals surface area contributed by atoms with Gasteiger partial charge in [-0.2, -0.15) is 26.3 Å². The van der Waals surface area contributed by atoms with Crippen molar-refractivity contribution in [2.75, 3.05) is 12.5 Å². The van der Waals surface area contributed by atoms with E-state index in [9.17, 15) is 35.9 Å². The highest BCUT2D eigenvalue weighted by Crippen LogP contribution is 2.45. The lowest BCUT2D eigenvalue weighted by Crippen LogP contribution is -2.58. The first-order valence-electron chi connectivity index (χ1n) is 13.0. The lowest BCUT2D eigenvalue weighted by Gasteiger charge is -2.46. The second-order valence-corrected chi connectivity index (χ2v) is 10.8. The van der Waals surface area contributed by atoms with E-state index in [2.05, 4.69) is 5.32 Å². The molecule has 1 aliphatic carbocycles. The first-order chi connectivity index (χ1) is 18.6. The van der Waals surface area contributed by atoms with E-state index >= 15 is 0 Å². The van der Waals surface area contributed by atoms with Gasteiger partial charge in [-0.05, 0) is 75.3 Å². The summed E-state index contributed by atoms with van der Waals surface area (Å²) in [6, 6.07) is 10.7. The third-order valence-corrected chi connectivity index (χ3v) is 7.99. The Morgan fingerprint density at radius 2 is 1.50 bits per heavy atom. The number of hydrogen-bond donors (Lipinski definition) is 1. The maximum Gasteiger partial charge on any atom is 0.416 e. The van der Waals surface area contributed by atoms with Crippen LogP contribution in [0.5, 0.6) is 0 Å². The summed E-state index contributed by atoms with van der Waals surface area (Å²) < 4.78 is 86.3. The quantitative estimate of drug-likeness (QED) is 0.227. The molecule has 0 aromatic heterocycles. The standard InChI is InChI=1S/C29H32ClF6NO3/c1-19(21-15-23(28(31,32)33)17-24(16-21)29(34,35)36)40-18-26(22-7-4-3-5-8-22)10-12-27(13-11-26,20(2)38)37-25(39)9-6-14-30/h3-5,7-8,15-17,19H,6,9-14,18H2,1-2H3,(H,37,39). The predicted octanol–water partition coefficient (Wildman–Crippen LogP) is 7.78. The molecule has 1 amide bonds. The van der Waals surface area contributed by atoms with Crippen LogP contribution < -0.4 is 5.32 Å². The zero-order chi connectivity index (χ0) is 29.8. The fraction of sp³-hybridized carbons (Fsp3) is 0.517. The average molecular weight is 592 g/mol. The summed E-state index contributed by atoms with van der Waals surface area (Å²) in [5, 5.41) is 2.89. The molecule has 2 aromatic carbocycles. The summed E-state index contributed by atoms with van der Waals surface area (Å²) in [5.41, 5.74) is -3.93. The molecule has 0 spiro atoms. The average Bonchev–Trinajstić information content (AvgIpc) is 2.90. The van der Waals surface area contributed by atoms with Crippen molar-refractivity contribution >= 4 is 23.3 Å². The summed E-state index contributed by atoms with van der Waals surface area (Å²) in [6.07, 6.45) is -8.98. The van der Waals surface area contributed by atoms with Crippen molar-refractivity contribution < 1.29 is 40.7 Å². The molecule has 1 aliphatic rings. The van der Waals surface area contributed by atoms with Crippen LogP contribution in [0.1, 0.15) is 80.7 Å². The Morgan fingerprint density at radius 3 is 1.98 bits per heavy atom. The van der Waals surface area contributed by atoms with Crippen LogP contribution in [0.2, 0.25) is 0 Å². The number of alkyl halides is 7. The smallest absolute Gasteiger partial charge is 0.373 e. The predicted molar refractivity (Wildman–Crippen MR) is 139 cm³/mol. The topological polar surface area (TPSA) is 55.4 Å². The molecule has 1 unspecified atom stereocenters. The van der Waals surface area contributed by atoms with Crippen LogP contribution in [0, 0.1) is 0 Å². The highest BCUT2D eigenvalue weighted by Gasteiger charge is 2.47. The van der Waals surface area contributed by atoms with E-state index in [1.165, 1.54) is 13.8 Å². The van der Waals surface area contributed by atoms with Crippen molar-refractivity contribution in [1.82, 2.24) is 5.32 Å². The van der Waals surface area contributed by atoms with Gasteiger partial charge in [0.2, 0.25) is 5.91 Å². The molecule has 0 aliphatic heterocycles. The molecule has 0 bridgehead atoms. The molecule has 4 nitrogen and oxygen atoms in total. The van der Waals surface area contributed by atoms with Gasteiger partial charge in [-0.25, -0.2) is 0 Å². The van der Waals surface area contributed by atoms with Crippen LogP contribution in [0.4, 0.5) is 26.3 Å². The van der Waals surface area contributed by atoms with Crippen molar-refractivity contribution in [3.05, 3.63) is 70.8 Å². The molecular formula is C29H32ClF6NO3. The number of ketones is 1. The third kappa shape index (κ3) is 7.57. The molecular weight excluding hydrogens is 560 g/mol. The number of nitrogens with one attached hydrogen (secondary N) is 1. The Morgan fingerprint density at radius 1 is 0.950 bits per heavy atom. The lowest BCUT2D eigenvalue weighted by molar-refractivity contribution is -0.143. The third-order valence-electron chi connectivity index (χ3n) is 7.73. The van der Waals surface area contributed by atoms with Gasteiger partial charge in [0.05, 0.1) is 29.4 Å². The Kier molecular flexibility index (Phi) is 9.99. The number of rotatable bonds is 10. The number of amides is 1. The van der Waals surface area contributed by atoms with Crippen molar-refractivity contribution in [1.29, 1.82) is 0 Å².